The van der Waals surface area contributed by atoms with Gasteiger partial charge in [-0.15, -0.1) is 0 Å². The molecule has 25 heavy (non-hydrogen) atoms. The number of hydrogen-bond donors (Lipinski definition) is 2. The number of sulfone groups is 1. The number of carboxylic acid groups (broad SMARTS) is 1. The highest BCUT2D eigenvalue weighted by atomic mass is 35.5. The summed E-state index contributed by atoms with van der Waals surface area (Å²) in [6.45, 7) is 0.0404. The Bertz CT molecular complexity index is 1050. The molecule has 2 N–H and O–H groups in total. The first-order valence-corrected chi connectivity index (χ1v) is 9.50. The van der Waals surface area contributed by atoms with Crippen LogP contribution in [0.25, 0.3) is 22.1 Å². The predicted molar refractivity (Wildman–Crippen MR) is 94.6 cm³/mol. The van der Waals surface area contributed by atoms with E-state index >= 15 is 0 Å². The molecule has 2 aromatic carbocycles. The zero-order chi connectivity index (χ0) is 18.2. The molecule has 1 aromatic heterocycles. The summed E-state index contributed by atoms with van der Waals surface area (Å²) in [5.74, 6) is 0.448. The number of hydrogen-bond acceptors (Lipinski definition) is 4. The van der Waals surface area contributed by atoms with Crippen molar-refractivity contribution in [2.24, 2.45) is 0 Å². The van der Waals surface area contributed by atoms with Gasteiger partial charge in [-0.1, -0.05) is 23.7 Å². The molecule has 1 heterocycles. The number of nitrogens with one attached hydrogen (secondary N) is 1. The maximum absolute atomic E-state index is 11.5. The van der Waals surface area contributed by atoms with Crippen LogP contribution in [0.5, 0.6) is 0 Å². The third-order valence-electron chi connectivity index (χ3n) is 3.65. The van der Waals surface area contributed by atoms with Gasteiger partial charge in [0.2, 0.25) is 0 Å². The molecule has 0 atom stereocenters. The number of furan rings is 1. The molecule has 0 fully saturated rings. The molecule has 8 heteroatoms. The van der Waals surface area contributed by atoms with Crippen LogP contribution in [0.1, 0.15) is 5.76 Å². The third-order valence-corrected chi connectivity index (χ3v) is 5.06. The number of benzene rings is 2. The van der Waals surface area contributed by atoms with Crippen LogP contribution >= 0.6 is 11.6 Å². The van der Waals surface area contributed by atoms with E-state index in [9.17, 15) is 13.2 Å². The Balaban J connectivity index is 1.98. The largest absolute Gasteiger partial charge is 0.465 e. The van der Waals surface area contributed by atoms with Crippen molar-refractivity contribution in [3.63, 3.8) is 0 Å². The molecular formula is C17H14ClNO5S. The van der Waals surface area contributed by atoms with E-state index in [1.54, 1.807) is 36.4 Å². The zero-order valence-electron chi connectivity index (χ0n) is 13.1. The highest BCUT2D eigenvalue weighted by Gasteiger charge is 2.12. The summed E-state index contributed by atoms with van der Waals surface area (Å²) in [5, 5.41) is 12.0. The minimum atomic E-state index is -3.25. The highest BCUT2D eigenvalue weighted by Crippen LogP contribution is 2.33. The fourth-order valence-electron chi connectivity index (χ4n) is 2.47. The monoisotopic (exact) mass is 379 g/mol. The van der Waals surface area contributed by atoms with Crippen molar-refractivity contribution in [3.05, 3.63) is 53.2 Å². The molecular weight excluding hydrogens is 366 g/mol. The average molecular weight is 380 g/mol. The molecule has 0 spiro atoms. The molecule has 0 saturated heterocycles. The van der Waals surface area contributed by atoms with E-state index in [0.717, 1.165) is 22.8 Å². The molecule has 3 aromatic rings. The zero-order valence-corrected chi connectivity index (χ0v) is 14.7. The van der Waals surface area contributed by atoms with Crippen molar-refractivity contribution in [1.29, 1.82) is 0 Å². The van der Waals surface area contributed by atoms with Gasteiger partial charge in [0.25, 0.3) is 0 Å². The van der Waals surface area contributed by atoms with Gasteiger partial charge >= 0.3 is 6.09 Å². The Labute approximate surface area is 148 Å². The van der Waals surface area contributed by atoms with Crippen LogP contribution in [0.15, 0.2) is 51.8 Å². The summed E-state index contributed by atoms with van der Waals surface area (Å²) in [6, 6.07) is 11.8. The van der Waals surface area contributed by atoms with Gasteiger partial charge in [0.05, 0.1) is 16.5 Å². The molecule has 0 radical (unpaired) electrons. The maximum Gasteiger partial charge on any atom is 0.405 e. The first kappa shape index (κ1) is 17.3. The summed E-state index contributed by atoms with van der Waals surface area (Å²) < 4.78 is 28.6. The Hall–Kier alpha value is -2.51. The van der Waals surface area contributed by atoms with E-state index in [4.69, 9.17) is 21.1 Å². The Kier molecular flexibility index (Phi) is 4.45. The molecule has 0 aliphatic heterocycles. The van der Waals surface area contributed by atoms with E-state index in [-0.39, 0.29) is 11.4 Å². The predicted octanol–water partition coefficient (Wildman–Crippen LogP) is 3.92. The van der Waals surface area contributed by atoms with Crippen molar-refractivity contribution < 1.29 is 22.7 Å². The second-order valence-corrected chi connectivity index (χ2v) is 7.97. The SMILES string of the molecule is CS(=O)(=O)c1ccc(-c2cc(Cl)c3oc(CNC(=O)O)cc3c2)cc1. The summed E-state index contributed by atoms with van der Waals surface area (Å²) in [7, 11) is -3.25. The lowest BCUT2D eigenvalue weighted by molar-refractivity contribution is 0.193. The molecule has 0 unspecified atom stereocenters. The topological polar surface area (TPSA) is 96.6 Å². The van der Waals surface area contributed by atoms with Gasteiger partial charge in [-0.3, -0.25) is 0 Å². The Morgan fingerprint density at radius 2 is 1.84 bits per heavy atom. The number of rotatable bonds is 4. The normalized spacial score (nSPS) is 11.6. The van der Waals surface area contributed by atoms with Gasteiger partial charge in [0.1, 0.15) is 5.76 Å². The second kappa shape index (κ2) is 6.42. The fraction of sp³-hybridized carbons (Fsp3) is 0.118. The lowest BCUT2D eigenvalue weighted by Gasteiger charge is -2.05. The van der Waals surface area contributed by atoms with Gasteiger partial charge < -0.3 is 14.8 Å². The van der Waals surface area contributed by atoms with Gasteiger partial charge in [-0.05, 0) is 41.5 Å². The average Bonchev–Trinajstić information content (AvgIpc) is 2.96. The minimum absolute atomic E-state index is 0.0404. The standard InChI is InChI=1S/C17H14ClNO5S/c1-25(22,23)14-4-2-10(3-5-14)11-6-12-7-13(9-19-17(20)21)24-16(12)15(18)8-11/h2-8,19H,9H2,1H3,(H,20,21). The van der Waals surface area contributed by atoms with Crippen molar-refractivity contribution in [1.82, 2.24) is 5.32 Å². The second-order valence-electron chi connectivity index (χ2n) is 5.54. The van der Waals surface area contributed by atoms with Crippen molar-refractivity contribution in [3.8, 4) is 11.1 Å². The van der Waals surface area contributed by atoms with Crippen molar-refractivity contribution >= 4 is 38.5 Å². The number of halogens is 1. The molecule has 0 bridgehead atoms. The molecule has 0 aliphatic rings. The van der Waals surface area contributed by atoms with Crippen LogP contribution in [0.2, 0.25) is 5.02 Å². The van der Waals surface area contributed by atoms with Crippen LogP contribution in [-0.4, -0.2) is 25.9 Å². The highest BCUT2D eigenvalue weighted by molar-refractivity contribution is 7.90. The van der Waals surface area contributed by atoms with Crippen molar-refractivity contribution in [2.45, 2.75) is 11.4 Å². The molecule has 0 saturated carbocycles. The molecule has 6 nitrogen and oxygen atoms in total. The molecule has 130 valence electrons. The number of amides is 1. The van der Waals surface area contributed by atoms with Crippen LogP contribution in [0.3, 0.4) is 0 Å². The minimum Gasteiger partial charge on any atom is -0.465 e. The summed E-state index contributed by atoms with van der Waals surface area (Å²) in [6.07, 6.45) is 0.0153. The van der Waals surface area contributed by atoms with Gasteiger partial charge in [-0.25, -0.2) is 13.2 Å². The summed E-state index contributed by atoms with van der Waals surface area (Å²) in [5.41, 5.74) is 2.08. The van der Waals surface area contributed by atoms with Crippen molar-refractivity contribution in [2.75, 3.05) is 6.26 Å². The van der Waals surface area contributed by atoms with Gasteiger partial charge in [-0.2, -0.15) is 0 Å². The van der Waals surface area contributed by atoms with Crippen LogP contribution < -0.4 is 5.32 Å². The fourth-order valence-corrected chi connectivity index (χ4v) is 3.37. The summed E-state index contributed by atoms with van der Waals surface area (Å²) in [4.78, 5) is 10.8. The van der Waals surface area contributed by atoms with E-state index < -0.39 is 15.9 Å². The smallest absolute Gasteiger partial charge is 0.405 e. The van der Waals surface area contributed by atoms with Gasteiger partial charge in [0.15, 0.2) is 15.4 Å². The molecule has 0 aliphatic carbocycles. The Morgan fingerprint density at radius 1 is 1.16 bits per heavy atom. The lowest BCUT2D eigenvalue weighted by Crippen LogP contribution is -2.19. The first-order chi connectivity index (χ1) is 11.7. The van der Waals surface area contributed by atoms with Crippen LogP contribution in [0, 0.1) is 0 Å². The van der Waals surface area contributed by atoms with Gasteiger partial charge in [0, 0.05) is 11.6 Å². The van der Waals surface area contributed by atoms with E-state index in [2.05, 4.69) is 5.32 Å². The van der Waals surface area contributed by atoms with E-state index in [0.29, 0.717) is 16.4 Å². The first-order valence-electron chi connectivity index (χ1n) is 7.23. The number of carbonyl (C=O) groups is 1. The number of fused-ring (bicyclic) bond motifs is 1. The van der Waals surface area contributed by atoms with E-state index in [1.807, 2.05) is 6.07 Å². The third kappa shape index (κ3) is 3.78. The molecule has 1 amide bonds. The maximum atomic E-state index is 11.5. The summed E-state index contributed by atoms with van der Waals surface area (Å²) >= 11 is 6.27. The quantitative estimate of drug-likeness (QED) is 0.716. The van der Waals surface area contributed by atoms with Crippen LogP contribution in [-0.2, 0) is 16.4 Å². The lowest BCUT2D eigenvalue weighted by atomic mass is 10.0. The van der Waals surface area contributed by atoms with Crippen LogP contribution in [0.4, 0.5) is 4.79 Å². The molecule has 3 rings (SSSR count). The van der Waals surface area contributed by atoms with E-state index in [1.165, 1.54) is 0 Å². The Morgan fingerprint density at radius 3 is 2.44 bits per heavy atom.